The predicted octanol–water partition coefficient (Wildman–Crippen LogP) is 3.38. The molecule has 1 heterocycles. The first-order chi connectivity index (χ1) is 11.9. The fraction of sp³-hybridized carbons (Fsp3) is 0.176. The van der Waals surface area contributed by atoms with Gasteiger partial charge in [0.1, 0.15) is 6.61 Å². The predicted molar refractivity (Wildman–Crippen MR) is 92.6 cm³/mol. The number of thioether (sulfide) groups is 1. The number of nitrogens with one attached hydrogen (secondary N) is 1. The van der Waals surface area contributed by atoms with Crippen molar-refractivity contribution in [1.29, 1.82) is 0 Å². The number of hydrogen-bond donors (Lipinski definition) is 1. The molecule has 1 amide bonds. The molecular weight excluding hydrogens is 344 g/mol. The molecule has 25 heavy (non-hydrogen) atoms. The molecule has 1 aliphatic rings. The van der Waals surface area contributed by atoms with Gasteiger partial charge in [-0.05, 0) is 42.8 Å². The molecule has 2 aromatic carbocycles. The monoisotopic (exact) mass is 358 g/mol. The molecule has 1 N–H and O–H groups in total. The number of rotatable bonds is 4. The minimum atomic E-state index is -0.529. The number of esters is 1. The van der Waals surface area contributed by atoms with Crippen molar-refractivity contribution in [2.75, 3.05) is 5.32 Å². The number of nitro groups is 1. The van der Waals surface area contributed by atoms with Crippen molar-refractivity contribution in [2.45, 2.75) is 23.7 Å². The second kappa shape index (κ2) is 6.94. The van der Waals surface area contributed by atoms with Gasteiger partial charge in [0.2, 0.25) is 5.91 Å². The lowest BCUT2D eigenvalue weighted by Crippen LogP contribution is -2.26. The average molecular weight is 358 g/mol. The summed E-state index contributed by atoms with van der Waals surface area (Å²) in [6.45, 7) is 1.82. The summed E-state index contributed by atoms with van der Waals surface area (Å²) >= 11 is 1.44. The standard InChI is InChI=1S/C17H14N2O5S/c1-10-16(20)18-14-8-12(4-7-15(14)25-10)17(21)24-9-11-2-5-13(6-3-11)19(22)23/h2-8,10H,9H2,1H3,(H,18,20)/t10-/m0/s1. The molecule has 7 nitrogen and oxygen atoms in total. The maximum Gasteiger partial charge on any atom is 0.338 e. The van der Waals surface area contributed by atoms with Gasteiger partial charge in [-0.2, -0.15) is 0 Å². The van der Waals surface area contributed by atoms with Crippen LogP contribution in [-0.4, -0.2) is 22.0 Å². The highest BCUT2D eigenvalue weighted by Gasteiger charge is 2.24. The molecule has 0 unspecified atom stereocenters. The van der Waals surface area contributed by atoms with Crippen molar-refractivity contribution in [3.63, 3.8) is 0 Å². The minimum absolute atomic E-state index is 0.00601. The van der Waals surface area contributed by atoms with Crippen LogP contribution < -0.4 is 5.32 Å². The van der Waals surface area contributed by atoms with E-state index in [0.717, 1.165) is 4.90 Å². The Kier molecular flexibility index (Phi) is 4.71. The molecule has 0 saturated heterocycles. The summed E-state index contributed by atoms with van der Waals surface area (Å²) in [5.41, 5.74) is 1.55. The Morgan fingerprint density at radius 1 is 1.28 bits per heavy atom. The van der Waals surface area contributed by atoms with Crippen LogP contribution in [0.4, 0.5) is 11.4 Å². The van der Waals surface area contributed by atoms with E-state index in [9.17, 15) is 19.7 Å². The number of nitrogens with zero attached hydrogens (tertiary/aromatic N) is 1. The lowest BCUT2D eigenvalue weighted by atomic mass is 10.2. The van der Waals surface area contributed by atoms with Crippen LogP contribution in [0.2, 0.25) is 0 Å². The van der Waals surface area contributed by atoms with Crippen LogP contribution in [-0.2, 0) is 16.1 Å². The number of nitro benzene ring substituents is 1. The Hall–Kier alpha value is -2.87. The first kappa shape index (κ1) is 17.0. The summed E-state index contributed by atoms with van der Waals surface area (Å²) < 4.78 is 5.23. The molecule has 0 radical (unpaired) electrons. The number of benzene rings is 2. The van der Waals surface area contributed by atoms with Gasteiger partial charge in [-0.15, -0.1) is 11.8 Å². The van der Waals surface area contributed by atoms with Crippen LogP contribution in [0.5, 0.6) is 0 Å². The Morgan fingerprint density at radius 3 is 2.68 bits per heavy atom. The van der Waals surface area contributed by atoms with Gasteiger partial charge in [-0.25, -0.2) is 4.79 Å². The van der Waals surface area contributed by atoms with Crippen LogP contribution >= 0.6 is 11.8 Å². The molecular formula is C17H14N2O5S. The Balaban J connectivity index is 1.66. The van der Waals surface area contributed by atoms with Crippen molar-refractivity contribution < 1.29 is 19.2 Å². The summed E-state index contributed by atoms with van der Waals surface area (Å²) in [5, 5.41) is 13.2. The molecule has 0 fully saturated rings. The van der Waals surface area contributed by atoms with Crippen LogP contribution in [0.15, 0.2) is 47.4 Å². The van der Waals surface area contributed by atoms with E-state index in [1.807, 2.05) is 6.92 Å². The van der Waals surface area contributed by atoms with Gasteiger partial charge in [0.05, 0.1) is 21.4 Å². The van der Waals surface area contributed by atoms with Crippen LogP contribution in [0.1, 0.15) is 22.8 Å². The molecule has 1 atom stereocenters. The molecule has 0 bridgehead atoms. The first-order valence-electron chi connectivity index (χ1n) is 7.46. The van der Waals surface area contributed by atoms with Crippen molar-refractivity contribution >= 4 is 35.0 Å². The smallest absolute Gasteiger partial charge is 0.338 e. The van der Waals surface area contributed by atoms with Crippen LogP contribution in [0.25, 0.3) is 0 Å². The van der Waals surface area contributed by atoms with E-state index in [2.05, 4.69) is 5.32 Å². The van der Waals surface area contributed by atoms with Crippen molar-refractivity contribution in [3.05, 3.63) is 63.7 Å². The topological polar surface area (TPSA) is 98.5 Å². The molecule has 8 heteroatoms. The van der Waals surface area contributed by atoms with E-state index in [1.165, 1.54) is 36.0 Å². The normalized spacial score (nSPS) is 15.9. The van der Waals surface area contributed by atoms with Crippen molar-refractivity contribution in [2.24, 2.45) is 0 Å². The van der Waals surface area contributed by atoms with Crippen molar-refractivity contribution in [3.8, 4) is 0 Å². The van der Waals surface area contributed by atoms with Gasteiger partial charge in [-0.3, -0.25) is 14.9 Å². The highest BCUT2D eigenvalue weighted by Crippen LogP contribution is 2.36. The van der Waals surface area contributed by atoms with Crippen LogP contribution in [0.3, 0.4) is 0 Å². The molecule has 128 valence electrons. The molecule has 0 aromatic heterocycles. The third-order valence-electron chi connectivity index (χ3n) is 3.66. The number of amides is 1. The summed E-state index contributed by atoms with van der Waals surface area (Å²) in [6.07, 6.45) is 0. The number of ether oxygens (including phenoxy) is 1. The van der Waals surface area contributed by atoms with Gasteiger partial charge in [0.15, 0.2) is 0 Å². The summed E-state index contributed by atoms with van der Waals surface area (Å²) in [7, 11) is 0. The Morgan fingerprint density at radius 2 is 2.00 bits per heavy atom. The minimum Gasteiger partial charge on any atom is -0.457 e. The molecule has 1 aliphatic heterocycles. The van der Waals surface area contributed by atoms with E-state index in [1.54, 1.807) is 18.2 Å². The van der Waals surface area contributed by atoms with E-state index >= 15 is 0 Å². The molecule has 0 aliphatic carbocycles. The zero-order valence-corrected chi connectivity index (χ0v) is 14.0. The van der Waals surface area contributed by atoms with Gasteiger partial charge in [0.25, 0.3) is 5.69 Å². The van der Waals surface area contributed by atoms with E-state index < -0.39 is 10.9 Å². The molecule has 0 spiro atoms. The summed E-state index contributed by atoms with van der Waals surface area (Å²) in [4.78, 5) is 34.9. The van der Waals surface area contributed by atoms with Gasteiger partial charge >= 0.3 is 5.97 Å². The average Bonchev–Trinajstić information content (AvgIpc) is 2.60. The maximum absolute atomic E-state index is 12.2. The lowest BCUT2D eigenvalue weighted by molar-refractivity contribution is -0.384. The zero-order valence-electron chi connectivity index (χ0n) is 13.2. The highest BCUT2D eigenvalue weighted by molar-refractivity contribution is 8.00. The zero-order chi connectivity index (χ0) is 18.0. The van der Waals surface area contributed by atoms with E-state index in [4.69, 9.17) is 4.74 Å². The lowest BCUT2D eigenvalue weighted by Gasteiger charge is -2.21. The number of carbonyl (C=O) groups excluding carboxylic acids is 2. The molecule has 0 saturated carbocycles. The Bertz CT molecular complexity index is 851. The molecule has 3 rings (SSSR count). The first-order valence-corrected chi connectivity index (χ1v) is 8.34. The second-order valence-electron chi connectivity index (χ2n) is 5.46. The van der Waals surface area contributed by atoms with E-state index in [0.29, 0.717) is 16.8 Å². The van der Waals surface area contributed by atoms with Gasteiger partial charge in [-0.1, -0.05) is 0 Å². The third kappa shape index (κ3) is 3.80. The van der Waals surface area contributed by atoms with Crippen molar-refractivity contribution in [1.82, 2.24) is 0 Å². The Labute approximate surface area is 147 Å². The summed E-state index contributed by atoms with van der Waals surface area (Å²) in [6, 6.07) is 10.8. The second-order valence-corrected chi connectivity index (χ2v) is 6.84. The largest absolute Gasteiger partial charge is 0.457 e. The SMILES string of the molecule is C[C@@H]1Sc2ccc(C(=O)OCc3ccc([N+](=O)[O-])cc3)cc2NC1=O. The van der Waals surface area contributed by atoms with Gasteiger partial charge < -0.3 is 10.1 Å². The molecule has 2 aromatic rings. The third-order valence-corrected chi connectivity index (χ3v) is 4.84. The number of hydrogen-bond acceptors (Lipinski definition) is 6. The van der Waals surface area contributed by atoms with Crippen LogP contribution in [0, 0.1) is 10.1 Å². The maximum atomic E-state index is 12.2. The fourth-order valence-electron chi connectivity index (χ4n) is 2.28. The number of carbonyl (C=O) groups is 2. The van der Waals surface area contributed by atoms with E-state index in [-0.39, 0.29) is 23.5 Å². The highest BCUT2D eigenvalue weighted by atomic mass is 32.2. The fourth-order valence-corrected chi connectivity index (χ4v) is 3.21. The van der Waals surface area contributed by atoms with Gasteiger partial charge in [0, 0.05) is 17.0 Å². The summed E-state index contributed by atoms with van der Waals surface area (Å²) in [5.74, 6) is -0.632. The number of non-ortho nitro benzene ring substituents is 1. The quantitative estimate of drug-likeness (QED) is 0.511. The number of fused-ring (bicyclic) bond motifs is 1. The number of anilines is 1.